The highest BCUT2D eigenvalue weighted by molar-refractivity contribution is 5.32. The standard InChI is InChI=1S/C23H34NO/c1-19(2)18-20-12-14-22(15-13-20)23(21-10-7-6-8-11-21)25-17-9-16-24(3,4)5/h6-8,10-15,19,23H,9,16-18H2,1-5H3/q+1. The number of rotatable bonds is 9. The van der Waals surface area contributed by atoms with E-state index in [0.29, 0.717) is 5.92 Å². The van der Waals surface area contributed by atoms with Crippen LogP contribution in [0.25, 0.3) is 0 Å². The number of hydrogen-bond acceptors (Lipinski definition) is 1. The summed E-state index contributed by atoms with van der Waals surface area (Å²) in [6, 6.07) is 19.5. The summed E-state index contributed by atoms with van der Waals surface area (Å²) in [5.74, 6) is 0.683. The third-order valence-corrected chi connectivity index (χ3v) is 4.29. The molecule has 0 heterocycles. The Morgan fingerprint density at radius 3 is 2.00 bits per heavy atom. The molecule has 25 heavy (non-hydrogen) atoms. The minimum atomic E-state index is 0.0155. The Kier molecular flexibility index (Phi) is 7.22. The lowest BCUT2D eigenvalue weighted by Crippen LogP contribution is -2.35. The van der Waals surface area contributed by atoms with Gasteiger partial charge in [0.15, 0.2) is 0 Å². The van der Waals surface area contributed by atoms with Crippen LogP contribution in [-0.4, -0.2) is 38.8 Å². The van der Waals surface area contributed by atoms with Gasteiger partial charge in [-0.15, -0.1) is 0 Å². The van der Waals surface area contributed by atoms with Gasteiger partial charge in [0, 0.05) is 6.42 Å². The molecule has 0 aliphatic heterocycles. The molecular formula is C23H34NO+. The van der Waals surface area contributed by atoms with Gasteiger partial charge in [-0.1, -0.05) is 68.4 Å². The van der Waals surface area contributed by atoms with Gasteiger partial charge in [-0.25, -0.2) is 0 Å². The molecule has 2 aromatic carbocycles. The molecule has 0 spiro atoms. The predicted molar refractivity (Wildman–Crippen MR) is 107 cm³/mol. The van der Waals surface area contributed by atoms with Gasteiger partial charge in [-0.05, 0) is 29.0 Å². The first-order valence-corrected chi connectivity index (χ1v) is 9.41. The van der Waals surface area contributed by atoms with Gasteiger partial charge in [-0.3, -0.25) is 0 Å². The predicted octanol–water partition coefficient (Wildman–Crippen LogP) is 5.09. The molecule has 2 nitrogen and oxygen atoms in total. The fourth-order valence-corrected chi connectivity index (χ4v) is 3.05. The van der Waals surface area contributed by atoms with Crippen LogP contribution < -0.4 is 0 Å². The van der Waals surface area contributed by atoms with E-state index in [0.717, 1.165) is 30.5 Å². The normalized spacial score (nSPS) is 13.2. The van der Waals surface area contributed by atoms with Crippen LogP contribution in [0.3, 0.4) is 0 Å². The van der Waals surface area contributed by atoms with Crippen LogP contribution in [-0.2, 0) is 11.2 Å². The van der Waals surface area contributed by atoms with Crippen LogP contribution in [0.4, 0.5) is 0 Å². The molecule has 0 radical (unpaired) electrons. The van der Waals surface area contributed by atoms with E-state index in [4.69, 9.17) is 4.74 Å². The summed E-state index contributed by atoms with van der Waals surface area (Å²) >= 11 is 0. The van der Waals surface area contributed by atoms with E-state index in [9.17, 15) is 0 Å². The lowest BCUT2D eigenvalue weighted by molar-refractivity contribution is -0.870. The Balaban J connectivity index is 2.09. The van der Waals surface area contributed by atoms with Crippen molar-refractivity contribution in [3.63, 3.8) is 0 Å². The quantitative estimate of drug-likeness (QED) is 0.456. The van der Waals surface area contributed by atoms with Crippen molar-refractivity contribution < 1.29 is 9.22 Å². The first-order valence-electron chi connectivity index (χ1n) is 9.41. The fraction of sp³-hybridized carbons (Fsp3) is 0.478. The minimum absolute atomic E-state index is 0.0155. The van der Waals surface area contributed by atoms with Crippen LogP contribution in [0.2, 0.25) is 0 Å². The summed E-state index contributed by atoms with van der Waals surface area (Å²) < 4.78 is 7.30. The first kappa shape index (κ1) is 19.7. The molecule has 1 atom stereocenters. The molecule has 136 valence electrons. The van der Waals surface area contributed by atoms with Crippen LogP contribution in [0.1, 0.15) is 43.1 Å². The topological polar surface area (TPSA) is 9.23 Å². The molecule has 0 saturated carbocycles. The zero-order valence-electron chi connectivity index (χ0n) is 16.5. The van der Waals surface area contributed by atoms with Gasteiger partial charge >= 0.3 is 0 Å². The molecular weight excluding hydrogens is 306 g/mol. The van der Waals surface area contributed by atoms with E-state index < -0.39 is 0 Å². The Labute approximate surface area is 154 Å². The molecule has 0 bridgehead atoms. The third-order valence-electron chi connectivity index (χ3n) is 4.29. The van der Waals surface area contributed by atoms with Gasteiger partial charge in [0.25, 0.3) is 0 Å². The summed E-state index contributed by atoms with van der Waals surface area (Å²) in [6.45, 7) is 6.42. The fourth-order valence-electron chi connectivity index (χ4n) is 3.05. The van der Waals surface area contributed by atoms with E-state index in [1.54, 1.807) is 0 Å². The second-order valence-electron chi connectivity index (χ2n) is 8.37. The van der Waals surface area contributed by atoms with Crippen molar-refractivity contribution in [2.45, 2.75) is 32.8 Å². The average molecular weight is 341 g/mol. The molecule has 0 aliphatic rings. The second kappa shape index (κ2) is 9.17. The van der Waals surface area contributed by atoms with Crippen LogP contribution >= 0.6 is 0 Å². The van der Waals surface area contributed by atoms with Gasteiger partial charge < -0.3 is 9.22 Å². The largest absolute Gasteiger partial charge is 0.369 e. The van der Waals surface area contributed by atoms with Crippen LogP contribution in [0, 0.1) is 5.92 Å². The van der Waals surface area contributed by atoms with Gasteiger partial charge in [0.1, 0.15) is 6.10 Å². The highest BCUT2D eigenvalue weighted by atomic mass is 16.5. The van der Waals surface area contributed by atoms with Crippen molar-refractivity contribution in [1.82, 2.24) is 0 Å². The average Bonchev–Trinajstić information content (AvgIpc) is 2.55. The number of benzene rings is 2. The van der Waals surface area contributed by atoms with Crippen molar-refractivity contribution in [2.75, 3.05) is 34.3 Å². The van der Waals surface area contributed by atoms with Gasteiger partial charge in [-0.2, -0.15) is 0 Å². The summed E-state index contributed by atoms with van der Waals surface area (Å²) in [7, 11) is 6.67. The molecule has 0 fully saturated rings. The highest BCUT2D eigenvalue weighted by Crippen LogP contribution is 2.27. The van der Waals surface area contributed by atoms with Crippen molar-refractivity contribution in [1.29, 1.82) is 0 Å². The zero-order chi connectivity index (χ0) is 18.3. The molecule has 2 rings (SSSR count). The summed E-state index contributed by atoms with van der Waals surface area (Å²) in [4.78, 5) is 0. The first-order chi connectivity index (χ1) is 11.8. The molecule has 0 N–H and O–H groups in total. The molecule has 0 aliphatic carbocycles. The molecule has 2 heteroatoms. The van der Waals surface area contributed by atoms with Crippen LogP contribution in [0.5, 0.6) is 0 Å². The van der Waals surface area contributed by atoms with Crippen molar-refractivity contribution in [3.8, 4) is 0 Å². The third kappa shape index (κ3) is 7.01. The van der Waals surface area contributed by atoms with E-state index in [1.807, 2.05) is 0 Å². The van der Waals surface area contributed by atoms with Crippen molar-refractivity contribution in [2.24, 2.45) is 5.92 Å². The monoisotopic (exact) mass is 340 g/mol. The highest BCUT2D eigenvalue weighted by Gasteiger charge is 2.15. The number of hydrogen-bond donors (Lipinski definition) is 0. The minimum Gasteiger partial charge on any atom is -0.369 e. The molecule has 0 amide bonds. The van der Waals surface area contributed by atoms with E-state index in [2.05, 4.69) is 89.6 Å². The maximum absolute atomic E-state index is 6.32. The summed E-state index contributed by atoms with van der Waals surface area (Å²) in [5, 5.41) is 0. The lowest BCUT2D eigenvalue weighted by atomic mass is 9.97. The maximum Gasteiger partial charge on any atom is 0.108 e. The smallest absolute Gasteiger partial charge is 0.108 e. The zero-order valence-corrected chi connectivity index (χ0v) is 16.5. The van der Waals surface area contributed by atoms with Gasteiger partial charge in [0.2, 0.25) is 0 Å². The number of quaternary nitrogens is 1. The van der Waals surface area contributed by atoms with Crippen molar-refractivity contribution >= 4 is 0 Å². The summed E-state index contributed by atoms with van der Waals surface area (Å²) in [5.41, 5.74) is 3.86. The number of ether oxygens (including phenoxy) is 1. The van der Waals surface area contributed by atoms with Crippen molar-refractivity contribution in [3.05, 3.63) is 71.3 Å². The Morgan fingerprint density at radius 1 is 0.840 bits per heavy atom. The van der Waals surface area contributed by atoms with Crippen LogP contribution in [0.15, 0.2) is 54.6 Å². The molecule has 0 saturated heterocycles. The molecule has 2 aromatic rings. The SMILES string of the molecule is CC(C)Cc1ccc(C(OCCC[N+](C)(C)C)c2ccccc2)cc1. The summed E-state index contributed by atoms with van der Waals surface area (Å²) in [6.07, 6.45) is 2.21. The molecule has 1 unspecified atom stereocenters. The maximum atomic E-state index is 6.32. The van der Waals surface area contributed by atoms with E-state index in [1.165, 1.54) is 16.7 Å². The Bertz CT molecular complexity index is 611. The Hall–Kier alpha value is -1.64. The van der Waals surface area contributed by atoms with Gasteiger partial charge in [0.05, 0.1) is 34.3 Å². The lowest BCUT2D eigenvalue weighted by Gasteiger charge is -2.25. The van der Waals surface area contributed by atoms with E-state index in [-0.39, 0.29) is 6.10 Å². The van der Waals surface area contributed by atoms with E-state index >= 15 is 0 Å². The molecule has 0 aromatic heterocycles. The Morgan fingerprint density at radius 2 is 1.44 bits per heavy atom. The second-order valence-corrected chi connectivity index (χ2v) is 8.37. The number of nitrogens with zero attached hydrogens (tertiary/aromatic N) is 1.